The summed E-state index contributed by atoms with van der Waals surface area (Å²) in [6, 6.07) is 6.74. The lowest BCUT2D eigenvalue weighted by atomic mass is 9.88. The number of carboxylic acid groups (broad SMARTS) is 1. The van der Waals surface area contributed by atoms with E-state index in [9.17, 15) is 14.7 Å². The van der Waals surface area contributed by atoms with E-state index in [1.54, 1.807) is 18.2 Å². The molecule has 1 amide bonds. The van der Waals surface area contributed by atoms with Crippen molar-refractivity contribution in [2.45, 2.75) is 19.4 Å². The molecule has 2 aromatic heterocycles. The largest absolute Gasteiger partial charge is 0.465 e. The molecule has 1 atom stereocenters. The van der Waals surface area contributed by atoms with Crippen molar-refractivity contribution in [3.8, 4) is 0 Å². The summed E-state index contributed by atoms with van der Waals surface area (Å²) in [4.78, 5) is 35.3. The van der Waals surface area contributed by atoms with E-state index in [0.29, 0.717) is 22.9 Å². The standard InChI is InChI=1S/C20H15Cl2N3O3S/c1-10-13(7-16(29-10)18(26)15-8-23-9-24-19(15)22)17-14-6-12(21)3-2-11(14)4-5-25(17)20(27)28/h2-3,6-9,17H,4-5H2,1H3,(H,27,28)/t17-/m0/s1. The highest BCUT2D eigenvalue weighted by atomic mass is 35.5. The Morgan fingerprint density at radius 1 is 1.24 bits per heavy atom. The van der Waals surface area contributed by atoms with E-state index in [4.69, 9.17) is 23.2 Å². The van der Waals surface area contributed by atoms with Gasteiger partial charge in [-0.3, -0.25) is 9.69 Å². The van der Waals surface area contributed by atoms with Crippen molar-refractivity contribution in [3.63, 3.8) is 0 Å². The van der Waals surface area contributed by atoms with Gasteiger partial charge in [0, 0.05) is 22.6 Å². The molecule has 3 aromatic rings. The zero-order valence-corrected chi connectivity index (χ0v) is 17.6. The highest BCUT2D eigenvalue weighted by Crippen LogP contribution is 2.40. The van der Waals surface area contributed by atoms with Gasteiger partial charge in [-0.1, -0.05) is 29.3 Å². The lowest BCUT2D eigenvalue weighted by Gasteiger charge is -2.35. The summed E-state index contributed by atoms with van der Waals surface area (Å²) in [6.45, 7) is 2.24. The Hall–Kier alpha value is -2.48. The molecule has 29 heavy (non-hydrogen) atoms. The Morgan fingerprint density at radius 3 is 2.76 bits per heavy atom. The molecule has 0 spiro atoms. The first-order valence-corrected chi connectivity index (χ1v) is 10.3. The van der Waals surface area contributed by atoms with Crippen LogP contribution >= 0.6 is 34.5 Å². The van der Waals surface area contributed by atoms with Gasteiger partial charge in [0.15, 0.2) is 0 Å². The summed E-state index contributed by atoms with van der Waals surface area (Å²) in [5.74, 6) is -0.293. The summed E-state index contributed by atoms with van der Waals surface area (Å²) >= 11 is 13.5. The molecular weight excluding hydrogens is 433 g/mol. The van der Waals surface area contributed by atoms with Crippen LogP contribution in [0.3, 0.4) is 0 Å². The molecule has 9 heteroatoms. The van der Waals surface area contributed by atoms with E-state index in [0.717, 1.165) is 21.6 Å². The molecule has 0 aliphatic carbocycles. The van der Waals surface area contributed by atoms with Crippen LogP contribution in [-0.4, -0.2) is 38.4 Å². The third-order valence-electron chi connectivity index (χ3n) is 4.96. The monoisotopic (exact) mass is 447 g/mol. The molecular formula is C20H15Cl2N3O3S. The van der Waals surface area contributed by atoms with Crippen molar-refractivity contribution < 1.29 is 14.7 Å². The van der Waals surface area contributed by atoms with Crippen LogP contribution in [0.2, 0.25) is 10.2 Å². The van der Waals surface area contributed by atoms with Crippen LogP contribution in [-0.2, 0) is 6.42 Å². The Labute approximate surface area is 180 Å². The van der Waals surface area contributed by atoms with E-state index < -0.39 is 12.1 Å². The number of thiophene rings is 1. The summed E-state index contributed by atoms with van der Waals surface area (Å²) in [6.07, 6.45) is 2.25. The molecule has 0 saturated heterocycles. The highest BCUT2D eigenvalue weighted by Gasteiger charge is 2.34. The normalized spacial score (nSPS) is 15.8. The maximum absolute atomic E-state index is 12.9. The molecule has 1 N–H and O–H groups in total. The van der Waals surface area contributed by atoms with Gasteiger partial charge in [-0.05, 0) is 48.2 Å². The quantitative estimate of drug-likeness (QED) is 0.450. The highest BCUT2D eigenvalue weighted by molar-refractivity contribution is 7.14. The molecule has 6 nitrogen and oxygen atoms in total. The van der Waals surface area contributed by atoms with Gasteiger partial charge in [0.25, 0.3) is 0 Å². The van der Waals surface area contributed by atoms with Crippen LogP contribution in [0.15, 0.2) is 36.8 Å². The molecule has 4 rings (SSSR count). The van der Waals surface area contributed by atoms with E-state index in [2.05, 4.69) is 9.97 Å². The zero-order chi connectivity index (χ0) is 20.7. The molecule has 0 radical (unpaired) electrons. The minimum absolute atomic E-state index is 0.0829. The fourth-order valence-corrected chi connectivity index (χ4v) is 4.97. The Kier molecular flexibility index (Phi) is 5.29. The van der Waals surface area contributed by atoms with Gasteiger partial charge < -0.3 is 5.11 Å². The average molecular weight is 448 g/mol. The van der Waals surface area contributed by atoms with Crippen LogP contribution in [0, 0.1) is 6.92 Å². The molecule has 3 heterocycles. The molecule has 1 aliphatic rings. The number of benzene rings is 1. The van der Waals surface area contributed by atoms with Crippen molar-refractivity contribution >= 4 is 46.4 Å². The first kappa shape index (κ1) is 19.8. The summed E-state index contributed by atoms with van der Waals surface area (Å²) < 4.78 is 0. The number of nitrogens with zero attached hydrogens (tertiary/aromatic N) is 3. The van der Waals surface area contributed by atoms with Gasteiger partial charge >= 0.3 is 6.09 Å². The summed E-state index contributed by atoms with van der Waals surface area (Å²) in [5, 5.41) is 10.4. The summed E-state index contributed by atoms with van der Waals surface area (Å²) in [5.41, 5.74) is 2.86. The van der Waals surface area contributed by atoms with E-state index in [1.165, 1.54) is 28.8 Å². The predicted molar refractivity (Wildman–Crippen MR) is 111 cm³/mol. The minimum Gasteiger partial charge on any atom is -0.465 e. The van der Waals surface area contributed by atoms with Crippen LogP contribution in [0.4, 0.5) is 4.79 Å². The van der Waals surface area contributed by atoms with Crippen molar-refractivity contribution in [1.82, 2.24) is 14.9 Å². The van der Waals surface area contributed by atoms with Crippen molar-refractivity contribution in [2.75, 3.05) is 6.54 Å². The number of ketones is 1. The van der Waals surface area contributed by atoms with Crippen LogP contribution in [0.25, 0.3) is 0 Å². The van der Waals surface area contributed by atoms with Crippen LogP contribution < -0.4 is 0 Å². The molecule has 0 unspecified atom stereocenters. The maximum Gasteiger partial charge on any atom is 0.408 e. The van der Waals surface area contributed by atoms with Crippen molar-refractivity contribution in [3.05, 3.63) is 79.0 Å². The molecule has 0 saturated carbocycles. The number of amides is 1. The topological polar surface area (TPSA) is 83.4 Å². The first-order chi connectivity index (χ1) is 13.9. The van der Waals surface area contributed by atoms with Crippen LogP contribution in [0.1, 0.15) is 42.8 Å². The number of hydrogen-bond acceptors (Lipinski definition) is 5. The van der Waals surface area contributed by atoms with Gasteiger partial charge in [0.2, 0.25) is 5.78 Å². The van der Waals surface area contributed by atoms with Gasteiger partial charge in [0.05, 0.1) is 16.5 Å². The predicted octanol–water partition coefficient (Wildman–Crippen LogP) is 5.01. The molecule has 1 aromatic carbocycles. The van der Waals surface area contributed by atoms with Gasteiger partial charge in [-0.2, -0.15) is 0 Å². The number of rotatable bonds is 3. The molecule has 1 aliphatic heterocycles. The lowest BCUT2D eigenvalue weighted by Crippen LogP contribution is -2.39. The van der Waals surface area contributed by atoms with E-state index in [-0.39, 0.29) is 16.5 Å². The summed E-state index contributed by atoms with van der Waals surface area (Å²) in [7, 11) is 0. The number of hydrogen-bond donors (Lipinski definition) is 1. The SMILES string of the molecule is Cc1sc(C(=O)c2cncnc2Cl)cc1[C@H]1c2cc(Cl)ccc2CCN1C(=O)O. The van der Waals surface area contributed by atoms with Crippen molar-refractivity contribution in [2.24, 2.45) is 0 Å². The molecule has 0 fully saturated rings. The smallest absolute Gasteiger partial charge is 0.408 e. The number of aryl methyl sites for hydroxylation is 1. The number of carbonyl (C=O) groups excluding carboxylic acids is 1. The van der Waals surface area contributed by atoms with E-state index >= 15 is 0 Å². The van der Waals surface area contributed by atoms with Gasteiger partial charge in [0.1, 0.15) is 11.5 Å². The third kappa shape index (κ3) is 3.61. The van der Waals surface area contributed by atoms with Crippen LogP contribution in [0.5, 0.6) is 0 Å². The van der Waals surface area contributed by atoms with Gasteiger partial charge in [-0.25, -0.2) is 14.8 Å². The Morgan fingerprint density at radius 2 is 2.03 bits per heavy atom. The van der Waals surface area contributed by atoms with Crippen molar-refractivity contribution in [1.29, 1.82) is 0 Å². The number of carbonyl (C=O) groups is 2. The zero-order valence-electron chi connectivity index (χ0n) is 15.2. The Bertz CT molecular complexity index is 1130. The minimum atomic E-state index is -1.02. The van der Waals surface area contributed by atoms with Gasteiger partial charge in [-0.15, -0.1) is 11.3 Å². The Balaban J connectivity index is 1.82. The maximum atomic E-state index is 12.9. The average Bonchev–Trinajstić information content (AvgIpc) is 3.08. The third-order valence-corrected chi connectivity index (χ3v) is 6.57. The second-order valence-corrected chi connectivity index (χ2v) is 8.70. The molecule has 148 valence electrons. The fraction of sp³-hybridized carbons (Fsp3) is 0.200. The second kappa shape index (κ2) is 7.74. The number of aromatic nitrogens is 2. The number of halogens is 2. The fourth-order valence-electron chi connectivity index (χ4n) is 3.61. The molecule has 0 bridgehead atoms. The number of fused-ring (bicyclic) bond motifs is 1. The lowest BCUT2D eigenvalue weighted by molar-refractivity contribution is 0.104. The first-order valence-electron chi connectivity index (χ1n) is 8.75. The van der Waals surface area contributed by atoms with E-state index in [1.807, 2.05) is 13.0 Å². The second-order valence-electron chi connectivity index (χ2n) is 6.65.